The summed E-state index contributed by atoms with van der Waals surface area (Å²) in [5.74, 6) is -0.337. The first kappa shape index (κ1) is 13.3. The molecule has 0 unspecified atom stereocenters. The van der Waals surface area contributed by atoms with Crippen LogP contribution in [0.15, 0.2) is 42.5 Å². The zero-order chi connectivity index (χ0) is 13.7. The van der Waals surface area contributed by atoms with E-state index in [9.17, 15) is 4.39 Å². The largest absolute Gasteiger partial charge is 0.309 e. The number of benzene rings is 2. The van der Waals surface area contributed by atoms with Crippen LogP contribution in [0.1, 0.15) is 22.3 Å². The summed E-state index contributed by atoms with van der Waals surface area (Å²) in [6.07, 6.45) is 0. The molecule has 2 rings (SSSR count). The number of aryl methyl sites for hydroxylation is 1. The fourth-order valence-electron chi connectivity index (χ4n) is 1.92. The van der Waals surface area contributed by atoms with Crippen LogP contribution in [0.5, 0.6) is 0 Å². The summed E-state index contributed by atoms with van der Waals surface area (Å²) in [7, 11) is 0. The monoisotopic (exact) mass is 254 g/mol. The number of nitrogens with one attached hydrogen (secondary N) is 1. The minimum atomic E-state index is -0.337. The molecule has 2 nitrogen and oxygen atoms in total. The summed E-state index contributed by atoms with van der Waals surface area (Å²) in [5.41, 5.74) is 3.31. The highest BCUT2D eigenvalue weighted by Gasteiger charge is 2.03. The predicted molar refractivity (Wildman–Crippen MR) is 72.8 cm³/mol. The van der Waals surface area contributed by atoms with E-state index in [0.29, 0.717) is 24.2 Å². The Hall–Kier alpha value is -2.18. The van der Waals surface area contributed by atoms with Crippen molar-refractivity contribution in [3.63, 3.8) is 0 Å². The van der Waals surface area contributed by atoms with E-state index in [1.165, 1.54) is 17.2 Å². The number of hydrogen-bond acceptors (Lipinski definition) is 2. The predicted octanol–water partition coefficient (Wildman–Crippen LogP) is 3.30. The molecule has 0 radical (unpaired) electrons. The van der Waals surface area contributed by atoms with E-state index in [2.05, 4.69) is 11.4 Å². The first-order valence-electron chi connectivity index (χ1n) is 6.14. The molecule has 0 spiro atoms. The van der Waals surface area contributed by atoms with Crippen LogP contribution in [0.2, 0.25) is 0 Å². The van der Waals surface area contributed by atoms with Crippen LogP contribution in [-0.2, 0) is 13.1 Å². The molecule has 96 valence electrons. The summed E-state index contributed by atoms with van der Waals surface area (Å²) >= 11 is 0. The van der Waals surface area contributed by atoms with Gasteiger partial charge in [-0.05, 0) is 24.6 Å². The molecule has 0 saturated heterocycles. The van der Waals surface area contributed by atoms with Gasteiger partial charge < -0.3 is 5.32 Å². The van der Waals surface area contributed by atoms with Gasteiger partial charge in [0.25, 0.3) is 0 Å². The maximum absolute atomic E-state index is 13.6. The van der Waals surface area contributed by atoms with Crippen LogP contribution < -0.4 is 5.32 Å². The molecule has 3 heteroatoms. The van der Waals surface area contributed by atoms with E-state index in [-0.39, 0.29) is 5.82 Å². The van der Waals surface area contributed by atoms with Gasteiger partial charge in [-0.1, -0.05) is 35.9 Å². The summed E-state index contributed by atoms with van der Waals surface area (Å²) in [6.45, 7) is 3.19. The molecule has 19 heavy (non-hydrogen) atoms. The van der Waals surface area contributed by atoms with Crippen LogP contribution in [0.3, 0.4) is 0 Å². The minimum absolute atomic E-state index is 0.337. The summed E-state index contributed by atoms with van der Waals surface area (Å²) < 4.78 is 13.6. The molecule has 0 aromatic heterocycles. The van der Waals surface area contributed by atoms with Gasteiger partial charge in [0.15, 0.2) is 0 Å². The standard InChI is InChI=1S/C16H15FN2/c1-12-3-2-4-14(7-12)10-19-11-15-6-5-13(9-18)8-16(15)17/h2-8,19H,10-11H2,1H3. The fourth-order valence-corrected chi connectivity index (χ4v) is 1.92. The third-order valence-electron chi connectivity index (χ3n) is 2.91. The Balaban J connectivity index is 1.94. The quantitative estimate of drug-likeness (QED) is 0.908. The number of halogens is 1. The number of hydrogen-bond donors (Lipinski definition) is 1. The van der Waals surface area contributed by atoms with Crippen molar-refractivity contribution in [1.29, 1.82) is 5.26 Å². The highest BCUT2D eigenvalue weighted by Crippen LogP contribution is 2.10. The Morgan fingerprint density at radius 2 is 2.00 bits per heavy atom. The maximum Gasteiger partial charge on any atom is 0.129 e. The number of rotatable bonds is 4. The molecule has 0 aliphatic carbocycles. The molecule has 0 aliphatic rings. The van der Waals surface area contributed by atoms with Gasteiger partial charge >= 0.3 is 0 Å². The smallest absolute Gasteiger partial charge is 0.129 e. The van der Waals surface area contributed by atoms with Gasteiger partial charge in [0.2, 0.25) is 0 Å². The maximum atomic E-state index is 13.6. The van der Waals surface area contributed by atoms with Gasteiger partial charge in [-0.15, -0.1) is 0 Å². The molecule has 0 fully saturated rings. The second-order valence-corrected chi connectivity index (χ2v) is 4.51. The molecule has 0 bridgehead atoms. The minimum Gasteiger partial charge on any atom is -0.309 e. The third-order valence-corrected chi connectivity index (χ3v) is 2.91. The van der Waals surface area contributed by atoms with Crippen LogP contribution in [0, 0.1) is 24.1 Å². The van der Waals surface area contributed by atoms with E-state index in [4.69, 9.17) is 5.26 Å². The van der Waals surface area contributed by atoms with Crippen molar-refractivity contribution in [2.75, 3.05) is 0 Å². The molecular formula is C16H15FN2. The molecule has 2 aromatic carbocycles. The molecule has 2 aromatic rings. The van der Waals surface area contributed by atoms with Crippen molar-refractivity contribution < 1.29 is 4.39 Å². The highest BCUT2D eigenvalue weighted by molar-refractivity contribution is 5.32. The van der Waals surface area contributed by atoms with Gasteiger partial charge in [-0.3, -0.25) is 0 Å². The van der Waals surface area contributed by atoms with Gasteiger partial charge in [0.05, 0.1) is 11.6 Å². The average molecular weight is 254 g/mol. The third kappa shape index (κ3) is 3.64. The zero-order valence-corrected chi connectivity index (χ0v) is 10.8. The van der Waals surface area contributed by atoms with E-state index >= 15 is 0 Å². The Morgan fingerprint density at radius 1 is 1.16 bits per heavy atom. The fraction of sp³-hybridized carbons (Fsp3) is 0.188. The Morgan fingerprint density at radius 3 is 2.68 bits per heavy atom. The van der Waals surface area contributed by atoms with E-state index in [0.717, 1.165) is 0 Å². The van der Waals surface area contributed by atoms with Gasteiger partial charge in [-0.2, -0.15) is 5.26 Å². The second kappa shape index (κ2) is 6.12. The summed E-state index contributed by atoms with van der Waals surface area (Å²) in [6, 6.07) is 14.7. The SMILES string of the molecule is Cc1cccc(CNCc2ccc(C#N)cc2F)c1. The van der Waals surface area contributed by atoms with Gasteiger partial charge in [-0.25, -0.2) is 4.39 Å². The van der Waals surface area contributed by atoms with Crippen molar-refractivity contribution in [2.45, 2.75) is 20.0 Å². The van der Waals surface area contributed by atoms with Gasteiger partial charge in [0, 0.05) is 18.7 Å². The lowest BCUT2D eigenvalue weighted by Crippen LogP contribution is -2.13. The first-order valence-corrected chi connectivity index (χ1v) is 6.14. The van der Waals surface area contributed by atoms with Crippen molar-refractivity contribution >= 4 is 0 Å². The molecule has 0 saturated carbocycles. The molecular weight excluding hydrogens is 239 g/mol. The molecule has 0 amide bonds. The van der Waals surface area contributed by atoms with Crippen molar-refractivity contribution in [1.82, 2.24) is 5.32 Å². The molecule has 0 aliphatic heterocycles. The second-order valence-electron chi connectivity index (χ2n) is 4.51. The van der Waals surface area contributed by atoms with E-state index in [1.807, 2.05) is 31.2 Å². The normalized spacial score (nSPS) is 10.2. The lowest BCUT2D eigenvalue weighted by Gasteiger charge is -2.07. The summed E-state index contributed by atoms with van der Waals surface area (Å²) in [4.78, 5) is 0. The molecule has 1 N–H and O–H groups in total. The Bertz CT molecular complexity index is 614. The van der Waals surface area contributed by atoms with Crippen LogP contribution in [0.4, 0.5) is 4.39 Å². The topological polar surface area (TPSA) is 35.8 Å². The van der Waals surface area contributed by atoms with Crippen molar-refractivity contribution in [3.8, 4) is 6.07 Å². The lowest BCUT2D eigenvalue weighted by atomic mass is 10.1. The number of nitrogens with zero attached hydrogens (tertiary/aromatic N) is 1. The zero-order valence-electron chi connectivity index (χ0n) is 10.8. The van der Waals surface area contributed by atoms with E-state index in [1.54, 1.807) is 12.1 Å². The average Bonchev–Trinajstić information content (AvgIpc) is 2.40. The molecule has 0 heterocycles. The molecule has 0 atom stereocenters. The van der Waals surface area contributed by atoms with Crippen LogP contribution >= 0.6 is 0 Å². The van der Waals surface area contributed by atoms with Crippen molar-refractivity contribution in [2.24, 2.45) is 0 Å². The Labute approximate surface area is 112 Å². The summed E-state index contributed by atoms with van der Waals surface area (Å²) in [5, 5.41) is 11.9. The van der Waals surface area contributed by atoms with Gasteiger partial charge in [0.1, 0.15) is 5.82 Å². The van der Waals surface area contributed by atoms with Crippen LogP contribution in [-0.4, -0.2) is 0 Å². The highest BCUT2D eigenvalue weighted by atomic mass is 19.1. The van der Waals surface area contributed by atoms with Crippen LogP contribution in [0.25, 0.3) is 0 Å². The number of nitriles is 1. The Kier molecular flexibility index (Phi) is 4.27. The lowest BCUT2D eigenvalue weighted by molar-refractivity contribution is 0.587. The first-order chi connectivity index (χ1) is 9.19. The van der Waals surface area contributed by atoms with E-state index < -0.39 is 0 Å². The van der Waals surface area contributed by atoms with Crippen molar-refractivity contribution in [3.05, 3.63) is 70.5 Å².